The van der Waals surface area contributed by atoms with Crippen molar-refractivity contribution in [3.8, 4) is 34.5 Å². The molecule has 0 radical (unpaired) electrons. The summed E-state index contributed by atoms with van der Waals surface area (Å²) < 4.78 is 81.8. The van der Waals surface area contributed by atoms with Crippen LogP contribution < -0.4 is 37.1 Å². The summed E-state index contributed by atoms with van der Waals surface area (Å²) in [5, 5.41) is 147. The van der Waals surface area contributed by atoms with Crippen molar-refractivity contribution in [1.82, 2.24) is 16.2 Å². The molecule has 0 unspecified atom stereocenters. The molecule has 780 valence electrons. The zero-order chi connectivity index (χ0) is 106. The van der Waals surface area contributed by atoms with Gasteiger partial charge >= 0.3 is 36.1 Å². The van der Waals surface area contributed by atoms with Crippen LogP contribution in [0.4, 0.5) is 9.59 Å². The molecule has 0 spiro atoms. The van der Waals surface area contributed by atoms with Crippen molar-refractivity contribution in [3.05, 3.63) is 222 Å². The van der Waals surface area contributed by atoms with Gasteiger partial charge in [-0.25, -0.2) is 30.0 Å². The molecule has 2 bridgehead atoms. The molecule has 0 aromatic heterocycles. The Morgan fingerprint density at radius 3 is 1.47 bits per heavy atom. The maximum atomic E-state index is 16.5. The van der Waals surface area contributed by atoms with Crippen LogP contribution in [-0.4, -0.2) is 275 Å². The molecule has 5 fully saturated rings. The number of hydrogen-bond acceptors (Lipinski definition) is 39. The Labute approximate surface area is 840 Å². The van der Waals surface area contributed by atoms with E-state index in [1.807, 2.05) is 0 Å². The second-order valence-corrected chi connectivity index (χ2v) is 39.7. The molecule has 23 atom stereocenters. The molecular formula is C105H115N7O35. The van der Waals surface area contributed by atoms with E-state index in [1.165, 1.54) is 153 Å². The second-order valence-electron chi connectivity index (χ2n) is 39.7. The maximum Gasteiger partial charge on any atom is 0.428 e. The number of hydrazone groups is 2. The van der Waals surface area contributed by atoms with Crippen LogP contribution in [0.3, 0.4) is 0 Å². The van der Waals surface area contributed by atoms with Gasteiger partial charge < -0.3 is 135 Å². The number of aliphatic hydroxyl groups excluding tert-OH is 4. The van der Waals surface area contributed by atoms with Gasteiger partial charge in [0.1, 0.15) is 87.9 Å². The summed E-state index contributed by atoms with van der Waals surface area (Å²) in [5.74, 6) is -14.5. The number of benzene rings is 7. The first kappa shape index (κ1) is 105. The number of fused-ring (bicyclic) bond motifs is 11. The van der Waals surface area contributed by atoms with Gasteiger partial charge in [0.2, 0.25) is 17.7 Å². The van der Waals surface area contributed by atoms with E-state index in [-0.39, 0.29) is 96.7 Å². The van der Waals surface area contributed by atoms with Gasteiger partial charge in [-0.3, -0.25) is 33.6 Å². The number of ether oxygens (including phenoxy) is 13. The maximum absolute atomic E-state index is 16.5. The van der Waals surface area contributed by atoms with Crippen LogP contribution in [0.1, 0.15) is 244 Å². The highest BCUT2D eigenvalue weighted by Crippen LogP contribution is 2.67. The number of ketones is 4. The molecule has 147 heavy (non-hydrogen) atoms. The number of nitrogens with zero attached hydrogens (tertiary/aromatic N) is 2. The first-order chi connectivity index (χ1) is 69.8. The SMILES string of the molecule is COc1cccc2c1C(=O)c1c(O)c3c(c(O)c1C2=O)C[C@@](O)(/C(CCO)=N/NC(=O)O[C@H](C(=O)O[C@H]1C[C@@]2(O)[C@@H](OC(=O)c4ccccc4)[C@H]4[C@](C)(C[C@H](OC(C)=O)C(=C1C)C2(C)C)[C@@H](OC(=O)N/N=C(\CCO)[C@]1(O)Cc2c(O)c5c(c(O)c2[C@@H](O[C@@H]2C[C@@H](N)[C@@H](O)[C@@H](C)O2)C1)C(=O)c1c(OC)cccc1C5=O)C[C@H]1OC[C@]14OC(C)=O)[C@H](NC(=O)c1ccccc1)c1ccccc1)C[C@@H]3O[C@@H]1C[C@@H](N)[C@@H](O)[C@@H](C)O1. The summed E-state index contributed by atoms with van der Waals surface area (Å²) in [6, 6.07) is 27.1. The topological polar surface area (TPSA) is 643 Å². The van der Waals surface area contributed by atoms with Crippen LogP contribution in [0.15, 0.2) is 149 Å². The number of nitrogens with two attached hydrogens (primary N) is 2. The Hall–Kier alpha value is -13.6. The summed E-state index contributed by atoms with van der Waals surface area (Å²) in [4.78, 5) is 165. The average Bonchev–Trinajstić information content (AvgIpc) is 0.669. The van der Waals surface area contributed by atoms with Crippen molar-refractivity contribution in [2.45, 2.75) is 252 Å². The lowest BCUT2D eigenvalue weighted by Crippen LogP contribution is -2.80. The Kier molecular flexibility index (Phi) is 28.9. The van der Waals surface area contributed by atoms with Gasteiger partial charge in [-0.05, 0) is 80.3 Å². The van der Waals surface area contributed by atoms with Gasteiger partial charge in [-0.2, -0.15) is 10.2 Å². The van der Waals surface area contributed by atoms with Crippen molar-refractivity contribution in [1.29, 1.82) is 0 Å². The fourth-order valence-electron chi connectivity index (χ4n) is 23.5. The summed E-state index contributed by atoms with van der Waals surface area (Å²) >= 11 is 0. The van der Waals surface area contributed by atoms with Crippen molar-refractivity contribution in [2.75, 3.05) is 34.0 Å². The minimum atomic E-state index is -2.78. The van der Waals surface area contributed by atoms with Crippen LogP contribution in [0.2, 0.25) is 0 Å². The smallest absolute Gasteiger partial charge is 0.428 e. The van der Waals surface area contributed by atoms with Crippen LogP contribution in [-0.2, 0) is 79.3 Å². The number of aliphatic hydroxyl groups is 7. The molecule has 2 saturated carbocycles. The van der Waals surface area contributed by atoms with Crippen LogP contribution in [0, 0.1) is 16.7 Å². The number of rotatable bonds is 26. The van der Waals surface area contributed by atoms with Gasteiger partial charge in [0, 0.05) is 153 Å². The van der Waals surface area contributed by atoms with Crippen molar-refractivity contribution < 1.29 is 170 Å². The van der Waals surface area contributed by atoms with Crippen LogP contribution in [0.25, 0.3) is 0 Å². The number of methoxy groups -OCH3 is 2. The lowest BCUT2D eigenvalue weighted by molar-refractivity contribution is -0.353. The van der Waals surface area contributed by atoms with Gasteiger partial charge in [0.15, 0.2) is 29.7 Å². The lowest BCUT2D eigenvalue weighted by Gasteiger charge is -2.68. The van der Waals surface area contributed by atoms with Crippen LogP contribution >= 0.6 is 0 Å². The summed E-state index contributed by atoms with van der Waals surface area (Å²) in [6.45, 7) is 9.01. The highest BCUT2D eigenvalue weighted by Gasteiger charge is 2.77. The highest BCUT2D eigenvalue weighted by molar-refractivity contribution is 6.32. The lowest BCUT2D eigenvalue weighted by atomic mass is 9.45. The molecule has 3 saturated heterocycles. The fraction of sp³-hybridized carbons (Fsp3) is 0.457. The van der Waals surface area contributed by atoms with Gasteiger partial charge in [-0.15, -0.1) is 0 Å². The normalized spacial score (nSPS) is 30.2. The third-order valence-corrected chi connectivity index (χ3v) is 30.6. The highest BCUT2D eigenvalue weighted by atomic mass is 16.7. The van der Waals surface area contributed by atoms with Crippen LogP contribution in [0.5, 0.6) is 34.5 Å². The van der Waals surface area contributed by atoms with E-state index >= 15 is 24.3 Å². The number of nitrogens with one attached hydrogen (secondary N) is 3. The zero-order valence-corrected chi connectivity index (χ0v) is 81.7. The quantitative estimate of drug-likeness (QED) is 0.00695. The molecule has 7 aliphatic carbocycles. The first-order valence-corrected chi connectivity index (χ1v) is 48.1. The molecule has 10 aliphatic rings. The standard InChI is InChI=1S/C105H115N7O35/c1-46-62(143-97(129)92(81(51-22-14-11-15-23-51)108-95(127)52-24-16-12-17-25-52)145-99(131)112-110-67(33-35-114)103(133)40-57-75(64(43-103)142-71-37-59(107)83(118)48(3)139-71)91(126)79-77(87(57)122)85(120)55-29-21-31-61(136-10)73(55)89(79)124)44-105(134)94(146-96(128)53-26-18-13-19-27-53)93-101(8,41-65(140-49(4)115)80(46)100(105,6)7)68(38-69-104(93,45-137-69)147-50(5)116)144-98(130)111-109-66(32-34-113)102(132)39-56-74(63(42-102)141-70-36-58(106)82(117)47(2)138-70)90(125)78-76(86(56)121)84(119)54-28-20-30-60(135-9)72(54)88(78)123/h11-31,47-48,58-59,62-65,68-71,81-83,92-94,113-114,117-118,121-122,125-126,132-134H,32-45,106-107H2,1-10H3,(H,108,127)(H,111,130)(H,112,131)/b109-66+,110-67+/t47-,48-,58-,59-,62+,63+,64+,65+,68+,69-,70-,71-,81-,82+,83+,92+,93+,94+,101-,102+,103+,104+,105-/m1/s1. The van der Waals surface area contributed by atoms with Crippen molar-refractivity contribution >= 4 is 76.5 Å². The summed E-state index contributed by atoms with van der Waals surface area (Å²) in [5.41, 5.74) is -2.40. The second kappa shape index (κ2) is 40.6. The zero-order valence-electron chi connectivity index (χ0n) is 81.7. The predicted molar refractivity (Wildman–Crippen MR) is 510 cm³/mol. The van der Waals surface area contributed by atoms with E-state index in [2.05, 4.69) is 26.4 Å². The number of hydrogen-bond donors (Lipinski definition) is 16. The first-order valence-electron chi connectivity index (χ1n) is 48.1. The molecule has 3 amide bonds. The Morgan fingerprint density at radius 1 is 0.537 bits per heavy atom. The molecule has 3 aliphatic heterocycles. The molecule has 17 rings (SSSR count). The Balaban J connectivity index is 0.742. The molecule has 42 heteroatoms. The van der Waals surface area contributed by atoms with Crippen molar-refractivity contribution in [3.63, 3.8) is 0 Å². The number of aromatic hydroxyl groups is 4. The van der Waals surface area contributed by atoms with E-state index in [4.69, 9.17) is 73.0 Å². The van der Waals surface area contributed by atoms with E-state index in [0.717, 1.165) is 13.8 Å². The largest absolute Gasteiger partial charge is 0.507 e. The third-order valence-electron chi connectivity index (χ3n) is 30.6. The molecular weight excluding hydrogens is 1920 g/mol. The van der Waals surface area contributed by atoms with E-state index < -0.39 is 342 Å². The minimum Gasteiger partial charge on any atom is -0.507 e. The number of esters is 4. The number of phenolic OH excluding ortho intramolecular Hbond substituents is 4. The van der Waals surface area contributed by atoms with Gasteiger partial charge in [-0.1, -0.05) is 112 Å². The fourth-order valence-corrected chi connectivity index (χ4v) is 23.5. The molecule has 7 aromatic rings. The monoisotopic (exact) mass is 2030 g/mol. The van der Waals surface area contributed by atoms with Crippen molar-refractivity contribution in [2.24, 2.45) is 38.4 Å². The predicted octanol–water partition coefficient (Wildman–Crippen LogP) is 6.41. The van der Waals surface area contributed by atoms with E-state index in [9.17, 15) is 84.6 Å². The summed E-state index contributed by atoms with van der Waals surface area (Å²) in [7, 11) is 2.52. The van der Waals surface area contributed by atoms with Gasteiger partial charge in [0.25, 0.3) is 5.91 Å². The molecule has 18 N–H and O–H groups in total. The Bertz CT molecular complexity index is 6530. The summed E-state index contributed by atoms with van der Waals surface area (Å²) in [6.07, 6.45) is -31.1. The average molecular weight is 2040 g/mol. The van der Waals surface area contributed by atoms with E-state index in [1.54, 1.807) is 30.3 Å². The number of carbonyl (C=O) groups excluding carboxylic acids is 11. The number of phenols is 4. The number of amides is 3. The molecule has 3 heterocycles. The van der Waals surface area contributed by atoms with E-state index in [0.29, 0.717) is 0 Å². The van der Waals surface area contributed by atoms with Gasteiger partial charge in [0.05, 0.1) is 114 Å². The third kappa shape index (κ3) is 18.6. The minimum absolute atomic E-state index is 0.0152. The molecule has 42 nitrogen and oxygen atoms in total. The Morgan fingerprint density at radius 2 is 1.01 bits per heavy atom. The number of carbonyl (C=O) groups is 11. The molecule has 7 aromatic carbocycles.